The largest absolute Gasteiger partial charge is 0.508 e. The van der Waals surface area contributed by atoms with Crippen molar-refractivity contribution in [2.75, 3.05) is 12.0 Å². The molecule has 0 aromatic heterocycles. The Hall–Kier alpha value is -3.32. The summed E-state index contributed by atoms with van der Waals surface area (Å²) in [5, 5.41) is 35.1. The van der Waals surface area contributed by atoms with Crippen LogP contribution in [-0.2, 0) is 30.4 Å². The second kappa shape index (κ2) is 15.7. The van der Waals surface area contributed by atoms with Gasteiger partial charge in [-0.3, -0.25) is 19.2 Å². The lowest BCUT2D eigenvalue weighted by molar-refractivity contribution is -0.147. The summed E-state index contributed by atoms with van der Waals surface area (Å²) in [6, 6.07) is 1.15. The molecule has 0 heterocycles. The smallest absolute Gasteiger partial charge is 0.326 e. The minimum Gasteiger partial charge on any atom is -0.508 e. The van der Waals surface area contributed by atoms with E-state index in [2.05, 4.69) is 16.0 Å². The Kier molecular flexibility index (Phi) is 13.5. The zero-order chi connectivity index (χ0) is 28.1. The maximum absolute atomic E-state index is 13.3. The molecule has 5 unspecified atom stereocenters. The van der Waals surface area contributed by atoms with Crippen molar-refractivity contribution in [2.45, 2.75) is 63.7 Å². The number of aliphatic carboxylic acids is 2. The summed E-state index contributed by atoms with van der Waals surface area (Å²) < 4.78 is 0. The van der Waals surface area contributed by atoms with Crippen LogP contribution in [0.25, 0.3) is 0 Å². The van der Waals surface area contributed by atoms with E-state index >= 15 is 0 Å². The average molecular weight is 541 g/mol. The van der Waals surface area contributed by atoms with E-state index < -0.39 is 66.2 Å². The van der Waals surface area contributed by atoms with Gasteiger partial charge >= 0.3 is 11.9 Å². The van der Waals surface area contributed by atoms with Gasteiger partial charge in [0.15, 0.2) is 0 Å². The summed E-state index contributed by atoms with van der Waals surface area (Å²) in [6.45, 7) is 3.44. The molecule has 0 aliphatic heterocycles. The van der Waals surface area contributed by atoms with E-state index in [0.717, 1.165) is 0 Å². The third kappa shape index (κ3) is 11.1. The molecule has 37 heavy (non-hydrogen) atoms. The molecule has 0 spiro atoms. The SMILES string of the molecule is CCC(C)C(NC(=O)C(Cc1ccc(O)cc1)NC(=O)C(N)CCSC)C(=O)NC(CC(=O)O)C(=O)O. The summed E-state index contributed by atoms with van der Waals surface area (Å²) in [6.07, 6.45) is 1.88. The molecule has 0 radical (unpaired) electrons. The Bertz CT molecular complexity index is 943. The van der Waals surface area contributed by atoms with Crippen LogP contribution in [0.5, 0.6) is 5.75 Å². The molecule has 0 aliphatic rings. The molecule has 0 aliphatic carbocycles. The number of nitrogens with two attached hydrogens (primary N) is 1. The van der Waals surface area contributed by atoms with Crippen molar-refractivity contribution in [1.82, 2.24) is 16.0 Å². The van der Waals surface area contributed by atoms with Gasteiger partial charge < -0.3 is 37.0 Å². The average Bonchev–Trinajstić information content (AvgIpc) is 2.84. The molecule has 13 heteroatoms. The van der Waals surface area contributed by atoms with E-state index in [1.54, 1.807) is 26.0 Å². The van der Waals surface area contributed by atoms with E-state index in [1.165, 1.54) is 23.9 Å². The van der Waals surface area contributed by atoms with E-state index in [1.807, 2.05) is 6.26 Å². The number of carboxylic acid groups (broad SMARTS) is 2. The predicted octanol–water partition coefficient (Wildman–Crippen LogP) is 0.0749. The van der Waals surface area contributed by atoms with Crippen LogP contribution in [-0.4, -0.2) is 81.2 Å². The molecule has 0 bridgehead atoms. The first-order valence-electron chi connectivity index (χ1n) is 11.8. The van der Waals surface area contributed by atoms with E-state index in [-0.39, 0.29) is 12.2 Å². The van der Waals surface area contributed by atoms with Crippen LogP contribution in [0.1, 0.15) is 38.7 Å². The molecule has 0 fully saturated rings. The fourth-order valence-electron chi connectivity index (χ4n) is 3.32. The number of hydrogen-bond donors (Lipinski definition) is 7. The van der Waals surface area contributed by atoms with Crippen molar-refractivity contribution in [3.8, 4) is 5.75 Å². The lowest BCUT2D eigenvalue weighted by atomic mass is 9.96. The van der Waals surface area contributed by atoms with Gasteiger partial charge in [0.05, 0.1) is 12.5 Å². The lowest BCUT2D eigenvalue weighted by Gasteiger charge is -2.28. The standard InChI is InChI=1S/C24H36N4O8S/c1-4-13(2)20(23(34)27-18(24(35)36)12-19(30)31)28-22(33)17(11-14-5-7-15(29)8-6-14)26-21(32)16(25)9-10-37-3/h5-8,13,16-18,20,29H,4,9-12,25H2,1-3H3,(H,26,32)(H,27,34)(H,28,33)(H,30,31)(H,35,36). The van der Waals surface area contributed by atoms with Crippen LogP contribution in [0.2, 0.25) is 0 Å². The number of thioether (sulfide) groups is 1. The summed E-state index contributed by atoms with van der Waals surface area (Å²) >= 11 is 1.52. The summed E-state index contributed by atoms with van der Waals surface area (Å²) in [7, 11) is 0. The molecule has 206 valence electrons. The number of carboxylic acids is 2. The van der Waals surface area contributed by atoms with E-state index in [9.17, 15) is 34.2 Å². The lowest BCUT2D eigenvalue weighted by Crippen LogP contribution is -2.59. The molecular formula is C24H36N4O8S. The van der Waals surface area contributed by atoms with Gasteiger partial charge in [0.2, 0.25) is 17.7 Å². The third-order valence-corrected chi connectivity index (χ3v) is 6.41. The number of amides is 3. The fraction of sp³-hybridized carbons (Fsp3) is 0.542. The van der Waals surface area contributed by atoms with Crippen LogP contribution in [0.15, 0.2) is 24.3 Å². The highest BCUT2D eigenvalue weighted by molar-refractivity contribution is 7.98. The first-order valence-corrected chi connectivity index (χ1v) is 13.2. The van der Waals surface area contributed by atoms with E-state index in [0.29, 0.717) is 24.2 Å². The van der Waals surface area contributed by atoms with Crippen LogP contribution in [0, 0.1) is 5.92 Å². The number of rotatable bonds is 16. The fourth-order valence-corrected chi connectivity index (χ4v) is 3.81. The normalized spacial score (nSPS) is 14.9. The third-order valence-electron chi connectivity index (χ3n) is 5.77. The number of nitrogens with one attached hydrogen (secondary N) is 3. The summed E-state index contributed by atoms with van der Waals surface area (Å²) in [4.78, 5) is 61.3. The molecule has 0 saturated heterocycles. The minimum absolute atomic E-state index is 0.0238. The van der Waals surface area contributed by atoms with Crippen molar-refractivity contribution in [2.24, 2.45) is 11.7 Å². The number of carbonyl (C=O) groups excluding carboxylic acids is 3. The first-order chi connectivity index (χ1) is 17.4. The number of phenolic OH excluding ortho intramolecular Hbond substituents is 1. The van der Waals surface area contributed by atoms with Crippen LogP contribution in [0.4, 0.5) is 0 Å². The Balaban J connectivity index is 3.15. The zero-order valence-electron chi connectivity index (χ0n) is 21.1. The van der Waals surface area contributed by atoms with Gasteiger partial charge in [0.25, 0.3) is 0 Å². The summed E-state index contributed by atoms with van der Waals surface area (Å²) in [5.41, 5.74) is 6.57. The molecule has 0 saturated carbocycles. The molecular weight excluding hydrogens is 504 g/mol. The number of hydrogen-bond acceptors (Lipinski definition) is 8. The van der Waals surface area contributed by atoms with Gasteiger partial charge in [0, 0.05) is 6.42 Å². The Morgan fingerprint density at radius 1 is 0.946 bits per heavy atom. The number of carbonyl (C=O) groups is 5. The molecule has 1 aromatic carbocycles. The van der Waals surface area contributed by atoms with Crippen LogP contribution >= 0.6 is 11.8 Å². The van der Waals surface area contributed by atoms with Crippen molar-refractivity contribution in [3.63, 3.8) is 0 Å². The monoisotopic (exact) mass is 540 g/mol. The van der Waals surface area contributed by atoms with E-state index in [4.69, 9.17) is 10.8 Å². The first kappa shape index (κ1) is 31.7. The number of phenols is 1. The minimum atomic E-state index is -1.68. The van der Waals surface area contributed by atoms with Gasteiger partial charge in [-0.25, -0.2) is 4.79 Å². The van der Waals surface area contributed by atoms with Gasteiger partial charge in [-0.2, -0.15) is 11.8 Å². The van der Waals surface area contributed by atoms with Crippen LogP contribution in [0.3, 0.4) is 0 Å². The highest BCUT2D eigenvalue weighted by Gasteiger charge is 2.33. The van der Waals surface area contributed by atoms with Gasteiger partial charge in [-0.15, -0.1) is 0 Å². The maximum Gasteiger partial charge on any atom is 0.326 e. The van der Waals surface area contributed by atoms with Gasteiger partial charge in [0.1, 0.15) is 23.9 Å². The quantitative estimate of drug-likeness (QED) is 0.150. The Morgan fingerprint density at radius 2 is 1.54 bits per heavy atom. The maximum atomic E-state index is 13.3. The van der Waals surface area contributed by atoms with Crippen molar-refractivity contribution >= 4 is 41.4 Å². The molecule has 8 N–H and O–H groups in total. The molecule has 12 nitrogen and oxygen atoms in total. The number of benzene rings is 1. The highest BCUT2D eigenvalue weighted by atomic mass is 32.2. The van der Waals surface area contributed by atoms with Crippen molar-refractivity contribution < 1.29 is 39.3 Å². The van der Waals surface area contributed by atoms with Crippen molar-refractivity contribution in [1.29, 1.82) is 0 Å². The van der Waals surface area contributed by atoms with Crippen molar-refractivity contribution in [3.05, 3.63) is 29.8 Å². The zero-order valence-corrected chi connectivity index (χ0v) is 21.9. The second-order valence-corrected chi connectivity index (χ2v) is 9.67. The summed E-state index contributed by atoms with van der Waals surface area (Å²) in [5.74, 6) is -4.83. The topological polar surface area (TPSA) is 208 Å². The highest BCUT2D eigenvalue weighted by Crippen LogP contribution is 2.14. The molecule has 5 atom stereocenters. The Morgan fingerprint density at radius 3 is 2.05 bits per heavy atom. The van der Waals surface area contributed by atoms with Gasteiger partial charge in [-0.1, -0.05) is 32.4 Å². The second-order valence-electron chi connectivity index (χ2n) is 8.69. The van der Waals surface area contributed by atoms with Gasteiger partial charge in [-0.05, 0) is 42.0 Å². The predicted molar refractivity (Wildman–Crippen MR) is 138 cm³/mol. The molecule has 1 aromatic rings. The number of aromatic hydroxyl groups is 1. The Labute approximate surface area is 219 Å². The molecule has 3 amide bonds. The molecule has 1 rings (SSSR count). The van der Waals surface area contributed by atoms with Crippen LogP contribution < -0.4 is 21.7 Å².